The van der Waals surface area contributed by atoms with E-state index in [1.165, 1.54) is 18.9 Å². The first kappa shape index (κ1) is 18.7. The molecule has 0 aliphatic carbocycles. The van der Waals surface area contributed by atoms with Gasteiger partial charge in [-0.3, -0.25) is 9.59 Å². The number of benzene rings is 2. The molecular formula is C18H20N2O4S. The quantitative estimate of drug-likeness (QED) is 0.757. The standard InChI is InChI=1S/C18H20N2O4S/c1-23-15-9-8-14(10-16(15)24-2)20-18(22)12-25-11-17(21)19-13-6-4-3-5-7-13/h3-10H,11-12H2,1-2H3,(H,19,21)(H,20,22). The normalized spacial score (nSPS) is 10.0. The predicted octanol–water partition coefficient (Wildman–Crippen LogP) is 3.01. The van der Waals surface area contributed by atoms with Crippen molar-refractivity contribution in [3.63, 3.8) is 0 Å². The van der Waals surface area contributed by atoms with Gasteiger partial charge in [-0.1, -0.05) is 18.2 Å². The summed E-state index contributed by atoms with van der Waals surface area (Å²) >= 11 is 1.25. The molecule has 25 heavy (non-hydrogen) atoms. The van der Waals surface area contributed by atoms with Crippen molar-refractivity contribution in [2.24, 2.45) is 0 Å². The molecule has 0 fully saturated rings. The lowest BCUT2D eigenvalue weighted by Gasteiger charge is -2.10. The Labute approximate surface area is 150 Å². The highest BCUT2D eigenvalue weighted by molar-refractivity contribution is 8.00. The Balaban J connectivity index is 1.76. The molecule has 6 nitrogen and oxygen atoms in total. The van der Waals surface area contributed by atoms with E-state index in [1.54, 1.807) is 25.3 Å². The van der Waals surface area contributed by atoms with Gasteiger partial charge < -0.3 is 20.1 Å². The van der Waals surface area contributed by atoms with Crippen molar-refractivity contribution in [3.8, 4) is 11.5 Å². The summed E-state index contributed by atoms with van der Waals surface area (Å²) < 4.78 is 10.3. The molecule has 0 bridgehead atoms. The van der Waals surface area contributed by atoms with E-state index in [1.807, 2.05) is 30.3 Å². The third kappa shape index (κ3) is 6.04. The molecule has 0 saturated heterocycles. The van der Waals surface area contributed by atoms with Crippen molar-refractivity contribution < 1.29 is 19.1 Å². The molecule has 132 valence electrons. The number of thioether (sulfide) groups is 1. The van der Waals surface area contributed by atoms with Crippen LogP contribution in [0.4, 0.5) is 11.4 Å². The second-order valence-electron chi connectivity index (χ2n) is 5.02. The monoisotopic (exact) mass is 360 g/mol. The first-order valence-electron chi connectivity index (χ1n) is 7.57. The molecule has 2 aromatic rings. The van der Waals surface area contributed by atoms with Gasteiger partial charge in [0.2, 0.25) is 11.8 Å². The molecule has 0 radical (unpaired) electrons. The molecule has 0 unspecified atom stereocenters. The topological polar surface area (TPSA) is 76.7 Å². The van der Waals surface area contributed by atoms with Crippen LogP contribution in [-0.2, 0) is 9.59 Å². The Kier molecular flexibility index (Phi) is 7.16. The molecule has 0 saturated carbocycles. The average Bonchev–Trinajstić information content (AvgIpc) is 2.62. The summed E-state index contributed by atoms with van der Waals surface area (Å²) in [6.07, 6.45) is 0. The largest absolute Gasteiger partial charge is 0.493 e. The van der Waals surface area contributed by atoms with Gasteiger partial charge in [0.1, 0.15) is 0 Å². The Morgan fingerprint density at radius 2 is 1.44 bits per heavy atom. The van der Waals surface area contributed by atoms with E-state index in [2.05, 4.69) is 10.6 Å². The van der Waals surface area contributed by atoms with Gasteiger partial charge in [0.05, 0.1) is 25.7 Å². The van der Waals surface area contributed by atoms with Gasteiger partial charge in [0.25, 0.3) is 0 Å². The molecule has 2 N–H and O–H groups in total. The number of anilines is 2. The van der Waals surface area contributed by atoms with Crippen LogP contribution in [0.3, 0.4) is 0 Å². The highest BCUT2D eigenvalue weighted by Crippen LogP contribution is 2.29. The molecule has 0 heterocycles. The van der Waals surface area contributed by atoms with Gasteiger partial charge in [-0.25, -0.2) is 0 Å². The van der Waals surface area contributed by atoms with Gasteiger partial charge in [-0.15, -0.1) is 11.8 Å². The zero-order valence-corrected chi connectivity index (χ0v) is 14.9. The summed E-state index contributed by atoms with van der Waals surface area (Å²) in [5, 5.41) is 5.54. The van der Waals surface area contributed by atoms with E-state index >= 15 is 0 Å². The minimum atomic E-state index is -0.190. The Bertz CT molecular complexity index is 722. The molecule has 0 atom stereocenters. The van der Waals surface area contributed by atoms with Gasteiger partial charge in [-0.2, -0.15) is 0 Å². The van der Waals surface area contributed by atoms with Gasteiger partial charge in [-0.05, 0) is 24.3 Å². The summed E-state index contributed by atoms with van der Waals surface area (Å²) in [7, 11) is 3.08. The maximum absolute atomic E-state index is 12.0. The molecule has 0 aliphatic heterocycles. The highest BCUT2D eigenvalue weighted by atomic mass is 32.2. The van der Waals surface area contributed by atoms with E-state index in [0.29, 0.717) is 17.2 Å². The van der Waals surface area contributed by atoms with E-state index in [4.69, 9.17) is 9.47 Å². The fourth-order valence-electron chi connectivity index (χ4n) is 2.07. The second-order valence-corrected chi connectivity index (χ2v) is 6.01. The Morgan fingerprint density at radius 3 is 2.04 bits per heavy atom. The first-order valence-corrected chi connectivity index (χ1v) is 8.72. The lowest BCUT2D eigenvalue weighted by Crippen LogP contribution is -2.18. The maximum Gasteiger partial charge on any atom is 0.234 e. The lowest BCUT2D eigenvalue weighted by atomic mass is 10.2. The summed E-state index contributed by atoms with van der Waals surface area (Å²) in [5.41, 5.74) is 1.35. The maximum atomic E-state index is 12.0. The Hall–Kier alpha value is -2.67. The third-order valence-corrected chi connectivity index (χ3v) is 4.12. The molecule has 2 rings (SSSR count). The molecule has 0 spiro atoms. The zero-order valence-electron chi connectivity index (χ0n) is 14.1. The number of amides is 2. The molecule has 2 aromatic carbocycles. The number of rotatable bonds is 8. The minimum Gasteiger partial charge on any atom is -0.493 e. The molecule has 7 heteroatoms. The fraction of sp³-hybridized carbons (Fsp3) is 0.222. The molecule has 0 aromatic heterocycles. The number of methoxy groups -OCH3 is 2. The van der Waals surface area contributed by atoms with Crippen molar-refractivity contribution in [2.45, 2.75) is 0 Å². The van der Waals surface area contributed by atoms with E-state index < -0.39 is 0 Å². The number of para-hydroxylation sites is 1. The van der Waals surface area contributed by atoms with E-state index in [-0.39, 0.29) is 23.3 Å². The lowest BCUT2D eigenvalue weighted by molar-refractivity contribution is -0.114. The van der Waals surface area contributed by atoms with Crippen LogP contribution in [0.25, 0.3) is 0 Å². The van der Waals surface area contributed by atoms with E-state index in [0.717, 1.165) is 5.69 Å². The highest BCUT2D eigenvalue weighted by Gasteiger charge is 2.09. The zero-order chi connectivity index (χ0) is 18.1. The van der Waals surface area contributed by atoms with Crippen molar-refractivity contribution in [1.82, 2.24) is 0 Å². The fourth-order valence-corrected chi connectivity index (χ4v) is 2.68. The third-order valence-electron chi connectivity index (χ3n) is 3.19. The van der Waals surface area contributed by atoms with Gasteiger partial charge >= 0.3 is 0 Å². The minimum absolute atomic E-state index is 0.143. The second kappa shape index (κ2) is 9.58. The van der Waals surface area contributed by atoms with Gasteiger partial charge in [0, 0.05) is 17.4 Å². The average molecular weight is 360 g/mol. The SMILES string of the molecule is COc1ccc(NC(=O)CSCC(=O)Nc2ccccc2)cc1OC. The van der Waals surface area contributed by atoms with E-state index in [9.17, 15) is 9.59 Å². The number of ether oxygens (including phenoxy) is 2. The summed E-state index contributed by atoms with van der Waals surface area (Å²) in [4.78, 5) is 23.8. The smallest absolute Gasteiger partial charge is 0.234 e. The molecular weight excluding hydrogens is 340 g/mol. The number of carbonyl (C=O) groups excluding carboxylic acids is 2. The predicted molar refractivity (Wildman–Crippen MR) is 101 cm³/mol. The van der Waals surface area contributed by atoms with Crippen LogP contribution < -0.4 is 20.1 Å². The van der Waals surface area contributed by atoms with Crippen LogP contribution in [0.5, 0.6) is 11.5 Å². The van der Waals surface area contributed by atoms with Crippen molar-refractivity contribution in [2.75, 3.05) is 36.4 Å². The number of nitrogens with one attached hydrogen (secondary N) is 2. The first-order chi connectivity index (χ1) is 12.1. The van der Waals surface area contributed by atoms with Crippen molar-refractivity contribution in [3.05, 3.63) is 48.5 Å². The number of hydrogen-bond donors (Lipinski definition) is 2. The van der Waals surface area contributed by atoms with Crippen LogP contribution >= 0.6 is 11.8 Å². The summed E-state index contributed by atoms with van der Waals surface area (Å²) in [6, 6.07) is 14.3. The summed E-state index contributed by atoms with van der Waals surface area (Å²) in [5.74, 6) is 1.17. The number of carbonyl (C=O) groups is 2. The van der Waals surface area contributed by atoms with Crippen LogP contribution in [0, 0.1) is 0 Å². The molecule has 0 aliphatic rings. The van der Waals surface area contributed by atoms with Crippen LogP contribution in [-0.4, -0.2) is 37.5 Å². The Morgan fingerprint density at radius 1 is 0.840 bits per heavy atom. The number of hydrogen-bond acceptors (Lipinski definition) is 5. The molecule has 2 amide bonds. The van der Waals surface area contributed by atoms with Crippen LogP contribution in [0.2, 0.25) is 0 Å². The van der Waals surface area contributed by atoms with Gasteiger partial charge in [0.15, 0.2) is 11.5 Å². The van der Waals surface area contributed by atoms with Crippen LogP contribution in [0.15, 0.2) is 48.5 Å². The van der Waals surface area contributed by atoms with Crippen molar-refractivity contribution >= 4 is 35.0 Å². The van der Waals surface area contributed by atoms with Crippen molar-refractivity contribution in [1.29, 1.82) is 0 Å². The summed E-state index contributed by atoms with van der Waals surface area (Å²) in [6.45, 7) is 0. The van der Waals surface area contributed by atoms with Crippen LogP contribution in [0.1, 0.15) is 0 Å².